The Morgan fingerprint density at radius 1 is 1.00 bits per heavy atom. The van der Waals surface area contributed by atoms with Crippen LogP contribution in [0.25, 0.3) is 27.1 Å². The summed E-state index contributed by atoms with van der Waals surface area (Å²) < 4.78 is 33.5. The molecule has 3 aromatic carbocycles. The van der Waals surface area contributed by atoms with Crippen molar-refractivity contribution in [3.05, 3.63) is 96.5 Å². The summed E-state index contributed by atoms with van der Waals surface area (Å²) in [6.07, 6.45) is 4.49. The molecule has 0 aliphatic heterocycles. The lowest BCUT2D eigenvalue weighted by atomic mass is 10.1. The van der Waals surface area contributed by atoms with Crippen molar-refractivity contribution in [2.75, 3.05) is 5.32 Å². The van der Waals surface area contributed by atoms with Crippen LogP contribution in [0.15, 0.2) is 94.4 Å². The molecule has 5 rings (SSSR count). The van der Waals surface area contributed by atoms with Crippen molar-refractivity contribution in [2.24, 2.45) is 0 Å². The van der Waals surface area contributed by atoms with Crippen molar-refractivity contribution >= 4 is 59.5 Å². The van der Waals surface area contributed by atoms with Crippen LogP contribution in [0.3, 0.4) is 0 Å². The van der Waals surface area contributed by atoms with Crippen LogP contribution in [-0.2, 0) is 21.4 Å². The summed E-state index contributed by atoms with van der Waals surface area (Å²) in [4.78, 5) is 17.1. The lowest BCUT2D eigenvalue weighted by Gasteiger charge is -2.05. The van der Waals surface area contributed by atoms with Gasteiger partial charge in [0.25, 0.3) is 0 Å². The van der Waals surface area contributed by atoms with Crippen LogP contribution >= 0.6 is 11.3 Å². The van der Waals surface area contributed by atoms with Gasteiger partial charge in [-0.3, -0.25) is 10.1 Å². The van der Waals surface area contributed by atoms with Gasteiger partial charge in [0.2, 0.25) is 15.9 Å². The van der Waals surface area contributed by atoms with Crippen molar-refractivity contribution in [2.45, 2.75) is 11.4 Å². The summed E-state index contributed by atoms with van der Waals surface area (Å²) in [6, 6.07) is 21.7. The standard InChI is InChI=1S/C25H19N3O4S2/c29-23(27-25-28-24-21-6-2-1-4-18(21)10-13-22(24)33-25)14-9-17-7-11-20(12-8-17)34(30,31)26-16-19-5-3-15-32-19/h1-15,26H,16H2,(H,27,28,29). The zero-order chi connectivity index (χ0) is 23.5. The van der Waals surface area contributed by atoms with Crippen LogP contribution in [0.2, 0.25) is 0 Å². The highest BCUT2D eigenvalue weighted by Crippen LogP contribution is 2.31. The fourth-order valence-corrected chi connectivity index (χ4v) is 5.33. The SMILES string of the molecule is O=C(C=Cc1ccc(S(=O)(=O)NCc2ccco2)cc1)Nc1nc2c(ccc3ccccc32)s1. The second kappa shape index (κ2) is 9.22. The minimum absolute atomic E-state index is 0.0682. The number of amides is 1. The fraction of sp³-hybridized carbons (Fsp3) is 0.0400. The Bertz CT molecular complexity index is 1600. The van der Waals surface area contributed by atoms with Gasteiger partial charge in [-0.1, -0.05) is 53.8 Å². The Hall–Kier alpha value is -3.79. The van der Waals surface area contributed by atoms with E-state index in [1.807, 2.05) is 36.4 Å². The number of thiazole rings is 1. The van der Waals surface area contributed by atoms with Crippen LogP contribution in [0.1, 0.15) is 11.3 Å². The molecule has 2 heterocycles. The number of rotatable bonds is 7. The molecule has 0 saturated heterocycles. The van der Waals surface area contributed by atoms with E-state index in [4.69, 9.17) is 4.42 Å². The highest BCUT2D eigenvalue weighted by molar-refractivity contribution is 7.89. The number of aromatic nitrogens is 1. The van der Waals surface area contributed by atoms with Crippen LogP contribution in [-0.4, -0.2) is 19.3 Å². The minimum atomic E-state index is -3.67. The van der Waals surface area contributed by atoms with Gasteiger partial charge in [0, 0.05) is 11.5 Å². The third kappa shape index (κ3) is 4.76. The number of benzene rings is 3. The van der Waals surface area contributed by atoms with Crippen LogP contribution < -0.4 is 10.0 Å². The van der Waals surface area contributed by atoms with Gasteiger partial charge in [0.15, 0.2) is 5.13 Å². The number of nitrogens with one attached hydrogen (secondary N) is 2. The summed E-state index contributed by atoms with van der Waals surface area (Å²) in [5.74, 6) is 0.204. The van der Waals surface area contributed by atoms with Crippen LogP contribution in [0.5, 0.6) is 0 Å². The van der Waals surface area contributed by atoms with Gasteiger partial charge in [-0.25, -0.2) is 18.1 Å². The number of hydrogen-bond acceptors (Lipinski definition) is 6. The molecule has 5 aromatic rings. The quantitative estimate of drug-likeness (QED) is 0.307. The molecule has 0 aliphatic rings. The number of carbonyl (C=O) groups is 1. The van der Waals surface area contributed by atoms with Crippen molar-refractivity contribution in [3.8, 4) is 0 Å². The molecule has 7 nitrogen and oxygen atoms in total. The van der Waals surface area contributed by atoms with E-state index in [0.29, 0.717) is 16.5 Å². The summed E-state index contributed by atoms with van der Waals surface area (Å²) in [6.45, 7) is 0.0682. The van der Waals surface area contributed by atoms with Crippen molar-refractivity contribution in [1.82, 2.24) is 9.71 Å². The number of nitrogens with zero attached hydrogens (tertiary/aromatic N) is 1. The van der Waals surface area contributed by atoms with E-state index in [2.05, 4.69) is 15.0 Å². The van der Waals surface area contributed by atoms with E-state index in [1.54, 1.807) is 30.3 Å². The molecule has 170 valence electrons. The van der Waals surface area contributed by atoms with Crippen molar-refractivity contribution < 1.29 is 17.6 Å². The van der Waals surface area contributed by atoms with Crippen LogP contribution in [0.4, 0.5) is 5.13 Å². The molecule has 2 N–H and O–H groups in total. The second-order valence-corrected chi connectivity index (χ2v) is 10.2. The van der Waals surface area contributed by atoms with E-state index < -0.39 is 10.0 Å². The molecular formula is C25H19N3O4S2. The number of furan rings is 1. The maximum Gasteiger partial charge on any atom is 0.250 e. The van der Waals surface area contributed by atoms with Gasteiger partial charge < -0.3 is 4.42 Å². The number of carbonyl (C=O) groups excluding carboxylic acids is 1. The summed E-state index contributed by atoms with van der Waals surface area (Å²) in [5.41, 5.74) is 1.55. The normalized spacial score (nSPS) is 12.0. The molecule has 34 heavy (non-hydrogen) atoms. The van der Waals surface area contributed by atoms with Gasteiger partial charge in [-0.2, -0.15) is 0 Å². The molecule has 9 heteroatoms. The molecule has 2 aromatic heterocycles. The maximum atomic E-state index is 12.4. The maximum absolute atomic E-state index is 12.4. The number of anilines is 1. The molecule has 0 aliphatic carbocycles. The van der Waals surface area contributed by atoms with E-state index in [1.165, 1.54) is 35.8 Å². The summed E-state index contributed by atoms with van der Waals surface area (Å²) >= 11 is 1.41. The molecule has 1 amide bonds. The van der Waals surface area contributed by atoms with Gasteiger partial charge in [0.1, 0.15) is 5.76 Å². The van der Waals surface area contributed by atoms with E-state index in [9.17, 15) is 13.2 Å². The lowest BCUT2D eigenvalue weighted by Crippen LogP contribution is -2.22. The zero-order valence-corrected chi connectivity index (χ0v) is 19.4. The predicted molar refractivity (Wildman–Crippen MR) is 134 cm³/mol. The highest BCUT2D eigenvalue weighted by atomic mass is 32.2. The predicted octanol–water partition coefficient (Wildman–Crippen LogP) is 5.17. The van der Waals surface area contributed by atoms with Crippen molar-refractivity contribution in [3.63, 3.8) is 0 Å². The molecular weight excluding hydrogens is 470 g/mol. The fourth-order valence-electron chi connectivity index (χ4n) is 3.45. The Labute approximate surface area is 199 Å². The summed E-state index contributed by atoms with van der Waals surface area (Å²) in [5, 5.41) is 5.46. The first kappa shape index (κ1) is 22.0. The monoisotopic (exact) mass is 489 g/mol. The third-order valence-electron chi connectivity index (χ3n) is 5.15. The highest BCUT2D eigenvalue weighted by Gasteiger charge is 2.14. The molecule has 0 bridgehead atoms. The Morgan fingerprint density at radius 2 is 1.82 bits per heavy atom. The molecule has 0 unspecified atom stereocenters. The topological polar surface area (TPSA) is 101 Å². The van der Waals surface area contributed by atoms with Crippen LogP contribution in [0, 0.1) is 0 Å². The molecule has 0 saturated carbocycles. The average molecular weight is 490 g/mol. The summed E-state index contributed by atoms with van der Waals surface area (Å²) in [7, 11) is -3.67. The second-order valence-electron chi connectivity index (χ2n) is 7.45. The number of sulfonamides is 1. The lowest BCUT2D eigenvalue weighted by molar-refractivity contribution is -0.111. The smallest absolute Gasteiger partial charge is 0.250 e. The van der Waals surface area contributed by atoms with Gasteiger partial charge >= 0.3 is 0 Å². The largest absolute Gasteiger partial charge is 0.468 e. The molecule has 0 radical (unpaired) electrons. The first-order valence-corrected chi connectivity index (χ1v) is 12.7. The van der Waals surface area contributed by atoms with Crippen molar-refractivity contribution in [1.29, 1.82) is 0 Å². The third-order valence-corrected chi connectivity index (χ3v) is 7.50. The van der Waals surface area contributed by atoms with Gasteiger partial charge in [-0.15, -0.1) is 0 Å². The van der Waals surface area contributed by atoms with Gasteiger partial charge in [0.05, 0.1) is 27.9 Å². The average Bonchev–Trinajstić information content (AvgIpc) is 3.51. The molecule has 0 atom stereocenters. The zero-order valence-electron chi connectivity index (χ0n) is 17.8. The Balaban J connectivity index is 1.24. The molecule has 0 spiro atoms. The van der Waals surface area contributed by atoms with E-state index >= 15 is 0 Å². The molecule has 0 fully saturated rings. The minimum Gasteiger partial charge on any atom is -0.468 e. The number of fused-ring (bicyclic) bond motifs is 3. The first-order chi connectivity index (χ1) is 16.5. The Morgan fingerprint density at radius 3 is 2.62 bits per heavy atom. The van der Waals surface area contributed by atoms with Gasteiger partial charge in [-0.05, 0) is 47.4 Å². The Kier molecular flexibility index (Phi) is 5.97. The van der Waals surface area contributed by atoms with E-state index in [-0.39, 0.29) is 17.3 Å². The number of hydrogen-bond donors (Lipinski definition) is 2. The first-order valence-electron chi connectivity index (χ1n) is 10.4. The van der Waals surface area contributed by atoms with E-state index in [0.717, 1.165) is 21.0 Å².